The van der Waals surface area contributed by atoms with Gasteiger partial charge in [-0.1, -0.05) is 12.1 Å². The third-order valence-corrected chi connectivity index (χ3v) is 4.15. The molecule has 2 rings (SSSR count). The van der Waals surface area contributed by atoms with Crippen LogP contribution in [-0.2, 0) is 14.9 Å². The van der Waals surface area contributed by atoms with Crippen LogP contribution >= 0.6 is 0 Å². The molecule has 1 fully saturated rings. The van der Waals surface area contributed by atoms with Gasteiger partial charge in [-0.3, -0.25) is 4.79 Å². The fraction of sp³-hybridized carbons (Fsp3) is 0.562. The van der Waals surface area contributed by atoms with Crippen molar-refractivity contribution in [3.63, 3.8) is 0 Å². The van der Waals surface area contributed by atoms with Gasteiger partial charge in [-0.2, -0.15) is 0 Å². The minimum absolute atomic E-state index is 0.138. The van der Waals surface area contributed by atoms with E-state index >= 15 is 0 Å². The van der Waals surface area contributed by atoms with E-state index in [0.717, 1.165) is 37.9 Å². The average molecular weight is 277 g/mol. The van der Waals surface area contributed by atoms with Gasteiger partial charge in [-0.25, -0.2) is 0 Å². The molecule has 1 saturated heterocycles. The van der Waals surface area contributed by atoms with Crippen LogP contribution in [0.1, 0.15) is 31.7 Å². The first-order valence-corrected chi connectivity index (χ1v) is 7.24. The number of likely N-dealkylation sites (tertiary alicyclic amines) is 1. The molecule has 0 amide bonds. The standard InChI is InChI=1S/C16H23NO3/c1-3-20-15(19)16(9-4-11-17(2)12-10-16)13-5-7-14(18)8-6-13/h5-8,18H,3-4,9-12H2,1-2H3. The van der Waals surface area contributed by atoms with Crippen LogP contribution in [0.5, 0.6) is 5.75 Å². The van der Waals surface area contributed by atoms with Gasteiger partial charge in [0, 0.05) is 0 Å². The van der Waals surface area contributed by atoms with Crippen molar-refractivity contribution in [2.45, 2.75) is 31.6 Å². The van der Waals surface area contributed by atoms with E-state index in [1.807, 2.05) is 19.1 Å². The van der Waals surface area contributed by atoms with Gasteiger partial charge >= 0.3 is 5.97 Å². The van der Waals surface area contributed by atoms with E-state index < -0.39 is 5.41 Å². The number of esters is 1. The van der Waals surface area contributed by atoms with E-state index in [1.54, 1.807) is 12.1 Å². The molecule has 1 heterocycles. The molecule has 0 bridgehead atoms. The van der Waals surface area contributed by atoms with E-state index in [1.165, 1.54) is 0 Å². The molecule has 1 aromatic rings. The summed E-state index contributed by atoms with van der Waals surface area (Å²) in [5.41, 5.74) is 0.373. The first-order valence-electron chi connectivity index (χ1n) is 7.24. The third kappa shape index (κ3) is 2.96. The van der Waals surface area contributed by atoms with Crippen LogP contribution in [0, 0.1) is 0 Å². The molecule has 0 spiro atoms. The Morgan fingerprint density at radius 2 is 2.00 bits per heavy atom. The Labute approximate surface area is 120 Å². The number of phenolic OH excluding ortho intramolecular Hbond substituents is 1. The summed E-state index contributed by atoms with van der Waals surface area (Å²) < 4.78 is 5.34. The van der Waals surface area contributed by atoms with Gasteiger partial charge in [0.25, 0.3) is 0 Å². The van der Waals surface area contributed by atoms with Crippen LogP contribution in [0.4, 0.5) is 0 Å². The summed E-state index contributed by atoms with van der Waals surface area (Å²) in [6.45, 7) is 4.11. The first kappa shape index (κ1) is 14.9. The molecule has 0 aliphatic carbocycles. The quantitative estimate of drug-likeness (QED) is 0.861. The molecule has 0 saturated carbocycles. The molecule has 1 aliphatic rings. The van der Waals surface area contributed by atoms with Crippen molar-refractivity contribution in [2.24, 2.45) is 0 Å². The van der Waals surface area contributed by atoms with Crippen molar-refractivity contribution in [3.05, 3.63) is 29.8 Å². The molecular formula is C16H23NO3. The van der Waals surface area contributed by atoms with E-state index in [9.17, 15) is 9.90 Å². The summed E-state index contributed by atoms with van der Waals surface area (Å²) in [6, 6.07) is 6.98. The van der Waals surface area contributed by atoms with Gasteiger partial charge in [0.05, 0.1) is 12.0 Å². The van der Waals surface area contributed by atoms with E-state index in [-0.39, 0.29) is 11.7 Å². The Morgan fingerprint density at radius 1 is 1.30 bits per heavy atom. The Hall–Kier alpha value is -1.55. The second-order valence-electron chi connectivity index (χ2n) is 5.51. The molecule has 1 atom stereocenters. The SMILES string of the molecule is CCOC(=O)C1(c2ccc(O)cc2)CCCN(C)CC1. The predicted octanol–water partition coefficient (Wildman–Crippen LogP) is 2.31. The zero-order valence-corrected chi connectivity index (χ0v) is 12.3. The molecule has 1 aliphatic heterocycles. The number of hydrogen-bond donors (Lipinski definition) is 1. The summed E-state index contributed by atoms with van der Waals surface area (Å²) >= 11 is 0. The number of aromatic hydroxyl groups is 1. The lowest BCUT2D eigenvalue weighted by Crippen LogP contribution is -2.38. The van der Waals surface area contributed by atoms with Crippen LogP contribution < -0.4 is 0 Å². The van der Waals surface area contributed by atoms with E-state index in [2.05, 4.69) is 11.9 Å². The summed E-state index contributed by atoms with van der Waals surface area (Å²) in [5, 5.41) is 9.45. The van der Waals surface area contributed by atoms with Crippen molar-refractivity contribution in [1.29, 1.82) is 0 Å². The van der Waals surface area contributed by atoms with Crippen LogP contribution in [-0.4, -0.2) is 42.7 Å². The fourth-order valence-electron chi connectivity index (χ4n) is 2.93. The fourth-order valence-corrected chi connectivity index (χ4v) is 2.93. The molecule has 0 radical (unpaired) electrons. The highest BCUT2D eigenvalue weighted by Crippen LogP contribution is 2.37. The summed E-state index contributed by atoms with van der Waals surface area (Å²) in [6.07, 6.45) is 2.52. The van der Waals surface area contributed by atoms with Crippen LogP contribution in [0.2, 0.25) is 0 Å². The highest BCUT2D eigenvalue weighted by atomic mass is 16.5. The van der Waals surface area contributed by atoms with Gasteiger partial charge in [-0.05, 0) is 64.0 Å². The van der Waals surface area contributed by atoms with Crippen LogP contribution in [0.3, 0.4) is 0 Å². The summed E-state index contributed by atoms with van der Waals surface area (Å²) in [5.74, 6) is 0.0829. The number of ether oxygens (including phenoxy) is 1. The van der Waals surface area contributed by atoms with Crippen molar-refractivity contribution in [2.75, 3.05) is 26.7 Å². The van der Waals surface area contributed by atoms with Crippen molar-refractivity contribution in [3.8, 4) is 5.75 Å². The molecule has 4 heteroatoms. The molecular weight excluding hydrogens is 254 g/mol. The lowest BCUT2D eigenvalue weighted by molar-refractivity contribution is -0.150. The maximum Gasteiger partial charge on any atom is 0.316 e. The van der Waals surface area contributed by atoms with Gasteiger partial charge in [0.15, 0.2) is 0 Å². The van der Waals surface area contributed by atoms with Crippen molar-refractivity contribution in [1.82, 2.24) is 4.90 Å². The molecule has 1 N–H and O–H groups in total. The minimum atomic E-state index is -0.575. The van der Waals surface area contributed by atoms with Gasteiger partial charge < -0.3 is 14.7 Å². The number of nitrogens with zero attached hydrogens (tertiary/aromatic N) is 1. The number of rotatable bonds is 3. The van der Waals surface area contributed by atoms with Crippen LogP contribution in [0.25, 0.3) is 0 Å². The number of benzene rings is 1. The van der Waals surface area contributed by atoms with E-state index in [0.29, 0.717) is 6.61 Å². The van der Waals surface area contributed by atoms with Crippen molar-refractivity contribution >= 4 is 5.97 Å². The zero-order chi connectivity index (χ0) is 14.6. The largest absolute Gasteiger partial charge is 0.508 e. The maximum atomic E-state index is 12.6. The second kappa shape index (κ2) is 6.27. The number of carbonyl (C=O) groups is 1. The first-order chi connectivity index (χ1) is 9.58. The summed E-state index contributed by atoms with van der Waals surface area (Å²) in [7, 11) is 2.08. The Kier molecular flexibility index (Phi) is 4.65. The lowest BCUT2D eigenvalue weighted by Gasteiger charge is -2.30. The van der Waals surface area contributed by atoms with E-state index in [4.69, 9.17) is 4.74 Å². The molecule has 20 heavy (non-hydrogen) atoms. The molecule has 4 nitrogen and oxygen atoms in total. The average Bonchev–Trinajstić information content (AvgIpc) is 2.63. The van der Waals surface area contributed by atoms with Gasteiger partial charge in [0.1, 0.15) is 5.75 Å². The normalized spacial score (nSPS) is 24.1. The van der Waals surface area contributed by atoms with Crippen molar-refractivity contribution < 1.29 is 14.6 Å². The molecule has 0 aromatic heterocycles. The lowest BCUT2D eigenvalue weighted by atomic mass is 9.74. The van der Waals surface area contributed by atoms with Gasteiger partial charge in [0.2, 0.25) is 0 Å². The smallest absolute Gasteiger partial charge is 0.316 e. The number of carbonyl (C=O) groups excluding carboxylic acids is 1. The molecule has 1 unspecified atom stereocenters. The highest BCUT2D eigenvalue weighted by molar-refractivity contribution is 5.83. The predicted molar refractivity (Wildman–Crippen MR) is 77.8 cm³/mol. The third-order valence-electron chi connectivity index (χ3n) is 4.15. The topological polar surface area (TPSA) is 49.8 Å². The highest BCUT2D eigenvalue weighted by Gasteiger charge is 2.42. The van der Waals surface area contributed by atoms with Crippen LogP contribution in [0.15, 0.2) is 24.3 Å². The number of phenols is 1. The summed E-state index contributed by atoms with van der Waals surface area (Å²) in [4.78, 5) is 14.8. The minimum Gasteiger partial charge on any atom is -0.508 e. The Balaban J connectivity index is 2.37. The number of hydrogen-bond acceptors (Lipinski definition) is 4. The molecule has 110 valence electrons. The maximum absolute atomic E-state index is 12.6. The Bertz CT molecular complexity index is 457. The Morgan fingerprint density at radius 3 is 2.65 bits per heavy atom. The van der Waals surface area contributed by atoms with Gasteiger partial charge in [-0.15, -0.1) is 0 Å². The molecule has 1 aromatic carbocycles. The zero-order valence-electron chi connectivity index (χ0n) is 12.3. The second-order valence-corrected chi connectivity index (χ2v) is 5.51. The monoisotopic (exact) mass is 277 g/mol.